The van der Waals surface area contributed by atoms with Crippen LogP contribution in [0.3, 0.4) is 0 Å². The maximum absolute atomic E-state index is 10.2. The standard InChI is InChI=1S/C5H8OSe/c1-3-4-7-5(2)6/h3H,1,4H2,2H3. The van der Waals surface area contributed by atoms with Gasteiger partial charge in [-0.2, -0.15) is 0 Å². The van der Waals surface area contributed by atoms with Crippen LogP contribution in [0, 0.1) is 0 Å². The van der Waals surface area contributed by atoms with Crippen molar-refractivity contribution in [2.24, 2.45) is 0 Å². The van der Waals surface area contributed by atoms with Crippen LogP contribution in [0.25, 0.3) is 0 Å². The van der Waals surface area contributed by atoms with Gasteiger partial charge in [-0.1, -0.05) is 0 Å². The molecule has 0 saturated carbocycles. The Morgan fingerprint density at radius 3 is 2.71 bits per heavy atom. The van der Waals surface area contributed by atoms with E-state index in [1.54, 1.807) is 13.0 Å². The minimum atomic E-state index is 0.168. The number of hydrogen-bond donors (Lipinski definition) is 0. The van der Waals surface area contributed by atoms with Crippen LogP contribution in [0.1, 0.15) is 6.92 Å². The molecule has 0 unspecified atom stereocenters. The van der Waals surface area contributed by atoms with E-state index in [4.69, 9.17) is 0 Å². The molecule has 0 bridgehead atoms. The fourth-order valence-electron chi connectivity index (χ4n) is 0.176. The summed E-state index contributed by atoms with van der Waals surface area (Å²) >= 11 is 0.168. The molecule has 0 spiro atoms. The molecular formula is C5H8OSe. The van der Waals surface area contributed by atoms with E-state index in [1.165, 1.54) is 0 Å². The molecule has 0 aromatic heterocycles. The molecule has 0 aliphatic carbocycles. The third kappa shape index (κ3) is 5.93. The Bertz CT molecular complexity index is 78.1. The fraction of sp³-hybridized carbons (Fsp3) is 0.400. The molecule has 1 nitrogen and oxygen atoms in total. The molecule has 0 rings (SSSR count). The Labute approximate surface area is 50.0 Å². The average molecular weight is 163 g/mol. The van der Waals surface area contributed by atoms with Gasteiger partial charge in [0.05, 0.1) is 0 Å². The Morgan fingerprint density at radius 2 is 2.57 bits per heavy atom. The normalized spacial score (nSPS) is 8.14. The summed E-state index contributed by atoms with van der Waals surface area (Å²) in [6, 6.07) is 0. The first-order valence-electron chi connectivity index (χ1n) is 2.01. The van der Waals surface area contributed by atoms with Gasteiger partial charge in [0.15, 0.2) is 0 Å². The van der Waals surface area contributed by atoms with E-state index in [-0.39, 0.29) is 15.0 Å². The molecule has 0 N–H and O–H groups in total. The molecule has 0 heterocycles. The van der Waals surface area contributed by atoms with Crippen molar-refractivity contribution in [1.82, 2.24) is 0 Å². The van der Waals surface area contributed by atoms with Gasteiger partial charge in [-0.15, -0.1) is 0 Å². The topological polar surface area (TPSA) is 17.1 Å². The number of allylic oxidation sites excluding steroid dienone is 1. The summed E-state index contributed by atoms with van der Waals surface area (Å²) in [7, 11) is 0. The number of rotatable bonds is 3. The molecule has 7 heavy (non-hydrogen) atoms. The Kier molecular flexibility index (Phi) is 4.06. The van der Waals surface area contributed by atoms with E-state index in [0.29, 0.717) is 4.68 Å². The van der Waals surface area contributed by atoms with E-state index in [9.17, 15) is 4.79 Å². The molecule has 0 amide bonds. The van der Waals surface area contributed by atoms with Gasteiger partial charge in [0.2, 0.25) is 0 Å². The van der Waals surface area contributed by atoms with Crippen molar-refractivity contribution in [3.63, 3.8) is 0 Å². The van der Waals surface area contributed by atoms with Crippen molar-refractivity contribution in [3.05, 3.63) is 12.7 Å². The van der Waals surface area contributed by atoms with Crippen LogP contribution in [0.15, 0.2) is 12.7 Å². The van der Waals surface area contributed by atoms with Gasteiger partial charge in [0.1, 0.15) is 0 Å². The number of hydrogen-bond acceptors (Lipinski definition) is 1. The summed E-state index contributed by atoms with van der Waals surface area (Å²) in [5.74, 6) is 0. The second kappa shape index (κ2) is 4.10. The van der Waals surface area contributed by atoms with Gasteiger partial charge in [0, 0.05) is 0 Å². The van der Waals surface area contributed by atoms with Crippen LogP contribution < -0.4 is 0 Å². The van der Waals surface area contributed by atoms with Crippen molar-refractivity contribution >= 4 is 19.6 Å². The summed E-state index contributed by atoms with van der Waals surface area (Å²) in [5, 5.41) is 0.877. The zero-order chi connectivity index (χ0) is 5.70. The monoisotopic (exact) mass is 164 g/mol. The molecule has 0 atom stereocenters. The van der Waals surface area contributed by atoms with Crippen molar-refractivity contribution in [1.29, 1.82) is 0 Å². The van der Waals surface area contributed by atoms with Gasteiger partial charge < -0.3 is 0 Å². The van der Waals surface area contributed by atoms with Crippen molar-refractivity contribution in [3.8, 4) is 0 Å². The first kappa shape index (κ1) is 6.93. The summed E-state index contributed by atoms with van der Waals surface area (Å²) in [6.07, 6.45) is 1.78. The van der Waals surface area contributed by atoms with E-state index < -0.39 is 0 Å². The van der Waals surface area contributed by atoms with Crippen LogP contribution in [0.5, 0.6) is 0 Å². The van der Waals surface area contributed by atoms with Crippen molar-refractivity contribution in [2.45, 2.75) is 12.2 Å². The predicted molar refractivity (Wildman–Crippen MR) is 31.4 cm³/mol. The first-order valence-corrected chi connectivity index (χ1v) is 4.08. The van der Waals surface area contributed by atoms with E-state index in [2.05, 4.69) is 6.58 Å². The van der Waals surface area contributed by atoms with Crippen molar-refractivity contribution in [2.75, 3.05) is 0 Å². The second-order valence-corrected chi connectivity index (χ2v) is 3.60. The summed E-state index contributed by atoms with van der Waals surface area (Å²) in [4.78, 5) is 10.2. The molecule has 0 saturated heterocycles. The molecular weight excluding hydrogens is 155 g/mol. The van der Waals surface area contributed by atoms with Gasteiger partial charge in [-0.3, -0.25) is 0 Å². The van der Waals surface area contributed by atoms with Crippen LogP contribution >= 0.6 is 0 Å². The van der Waals surface area contributed by atoms with Gasteiger partial charge >= 0.3 is 49.3 Å². The fourth-order valence-corrected chi connectivity index (χ4v) is 0.916. The molecule has 0 radical (unpaired) electrons. The zero-order valence-electron chi connectivity index (χ0n) is 4.31. The second-order valence-electron chi connectivity index (χ2n) is 1.09. The molecule has 40 valence electrons. The van der Waals surface area contributed by atoms with E-state index in [1.807, 2.05) is 0 Å². The third-order valence-electron chi connectivity index (χ3n) is 0.404. The summed E-state index contributed by atoms with van der Waals surface area (Å²) in [5.41, 5.74) is 0. The number of carbonyl (C=O) groups is 1. The Hall–Kier alpha value is -0.0705. The van der Waals surface area contributed by atoms with Gasteiger partial charge in [-0.25, -0.2) is 0 Å². The third-order valence-corrected chi connectivity index (χ3v) is 2.10. The van der Waals surface area contributed by atoms with Crippen LogP contribution in [0.2, 0.25) is 5.32 Å². The molecule has 0 aliphatic heterocycles. The average Bonchev–Trinajstić information content (AvgIpc) is 1.61. The first-order chi connectivity index (χ1) is 3.27. The quantitative estimate of drug-likeness (QED) is 0.445. The van der Waals surface area contributed by atoms with Crippen LogP contribution in [-0.4, -0.2) is 19.6 Å². The summed E-state index contributed by atoms with van der Waals surface area (Å²) in [6.45, 7) is 5.11. The zero-order valence-corrected chi connectivity index (χ0v) is 6.02. The molecule has 0 aliphatic rings. The summed E-state index contributed by atoms with van der Waals surface area (Å²) < 4.78 is 0.299. The molecule has 0 fully saturated rings. The SMILES string of the molecule is C=CC[Se]C(C)=O. The van der Waals surface area contributed by atoms with E-state index in [0.717, 1.165) is 5.32 Å². The Balaban J connectivity index is 2.97. The maximum atomic E-state index is 10.2. The number of carbonyl (C=O) groups excluding carboxylic acids is 1. The molecule has 0 aromatic carbocycles. The molecule has 2 heteroatoms. The predicted octanol–water partition coefficient (Wildman–Crippen LogP) is 0.841. The van der Waals surface area contributed by atoms with Crippen LogP contribution in [0.4, 0.5) is 0 Å². The van der Waals surface area contributed by atoms with Crippen molar-refractivity contribution < 1.29 is 4.79 Å². The van der Waals surface area contributed by atoms with E-state index >= 15 is 0 Å². The molecule has 0 aromatic rings. The Morgan fingerprint density at radius 1 is 2.00 bits per heavy atom. The van der Waals surface area contributed by atoms with Crippen LogP contribution in [-0.2, 0) is 4.79 Å². The van der Waals surface area contributed by atoms with Gasteiger partial charge in [-0.05, 0) is 0 Å². The van der Waals surface area contributed by atoms with Gasteiger partial charge in [0.25, 0.3) is 0 Å². The minimum absolute atomic E-state index is 0.168.